The zero-order valence-corrected chi connectivity index (χ0v) is 11.3. The molecular weight excluding hydrogens is 222 g/mol. The molecule has 4 nitrogen and oxygen atoms in total. The minimum Gasteiger partial charge on any atom is -0.383 e. The van der Waals surface area contributed by atoms with Gasteiger partial charge in [-0.1, -0.05) is 0 Å². The molecule has 0 saturated carbocycles. The van der Waals surface area contributed by atoms with Crippen LogP contribution in [-0.2, 0) is 11.3 Å². The predicted octanol–water partition coefficient (Wildman–Crippen LogP) is 1.72. The van der Waals surface area contributed by atoms with Crippen molar-refractivity contribution in [3.05, 3.63) is 11.1 Å². The van der Waals surface area contributed by atoms with Crippen molar-refractivity contribution in [3.8, 4) is 0 Å². The van der Waals surface area contributed by atoms with Gasteiger partial charge in [0, 0.05) is 31.3 Å². The molecule has 1 aromatic rings. The molecule has 1 unspecified atom stereocenters. The van der Waals surface area contributed by atoms with E-state index in [4.69, 9.17) is 4.74 Å². The Morgan fingerprint density at radius 1 is 1.62 bits per heavy atom. The van der Waals surface area contributed by atoms with Gasteiger partial charge in [0.05, 0.1) is 12.6 Å². The van der Waals surface area contributed by atoms with E-state index in [0.717, 1.165) is 24.8 Å². The topological polar surface area (TPSA) is 37.4 Å². The largest absolute Gasteiger partial charge is 0.383 e. The summed E-state index contributed by atoms with van der Waals surface area (Å²) in [6, 6.07) is 0.364. The molecule has 5 heteroatoms. The van der Waals surface area contributed by atoms with Crippen LogP contribution >= 0.6 is 11.3 Å². The number of nitrogens with one attached hydrogen (secondary N) is 1. The van der Waals surface area contributed by atoms with E-state index in [2.05, 4.69) is 29.0 Å². The third-order valence-corrected chi connectivity index (χ3v) is 3.45. The number of aromatic nitrogens is 1. The van der Waals surface area contributed by atoms with Gasteiger partial charge >= 0.3 is 0 Å². The molecule has 0 aliphatic heterocycles. The van der Waals surface area contributed by atoms with Gasteiger partial charge in [-0.05, 0) is 20.9 Å². The van der Waals surface area contributed by atoms with E-state index in [1.165, 1.54) is 4.88 Å². The first kappa shape index (κ1) is 13.4. The Morgan fingerprint density at radius 2 is 2.38 bits per heavy atom. The molecule has 0 aliphatic carbocycles. The molecule has 0 radical (unpaired) electrons. The molecule has 1 heterocycles. The smallest absolute Gasteiger partial charge is 0.185 e. The highest BCUT2D eigenvalue weighted by molar-refractivity contribution is 7.15. The SMILES string of the molecule is CCN(c1ncc(CNC)s1)C(C)COC. The maximum Gasteiger partial charge on any atom is 0.185 e. The van der Waals surface area contributed by atoms with Gasteiger partial charge in [0.25, 0.3) is 0 Å². The minimum atomic E-state index is 0.364. The molecule has 1 rings (SSSR count). The first-order valence-electron chi connectivity index (χ1n) is 5.57. The molecule has 0 saturated heterocycles. The summed E-state index contributed by atoms with van der Waals surface area (Å²) >= 11 is 1.74. The number of hydrogen-bond donors (Lipinski definition) is 1. The van der Waals surface area contributed by atoms with E-state index in [-0.39, 0.29) is 0 Å². The van der Waals surface area contributed by atoms with Crippen LogP contribution in [0.25, 0.3) is 0 Å². The van der Waals surface area contributed by atoms with Gasteiger partial charge in [0.2, 0.25) is 0 Å². The van der Waals surface area contributed by atoms with Gasteiger partial charge in [0.15, 0.2) is 5.13 Å². The lowest BCUT2D eigenvalue weighted by Crippen LogP contribution is -2.35. The highest BCUT2D eigenvalue weighted by Gasteiger charge is 2.15. The molecule has 1 atom stereocenters. The maximum absolute atomic E-state index is 5.19. The van der Waals surface area contributed by atoms with E-state index >= 15 is 0 Å². The summed E-state index contributed by atoms with van der Waals surface area (Å²) in [4.78, 5) is 7.99. The summed E-state index contributed by atoms with van der Waals surface area (Å²) in [5.41, 5.74) is 0. The lowest BCUT2D eigenvalue weighted by molar-refractivity contribution is 0.182. The van der Waals surface area contributed by atoms with Crippen molar-refractivity contribution in [1.82, 2.24) is 10.3 Å². The van der Waals surface area contributed by atoms with Crippen molar-refractivity contribution in [2.75, 3.05) is 32.2 Å². The third-order valence-electron chi connectivity index (χ3n) is 2.42. The average molecular weight is 243 g/mol. The zero-order chi connectivity index (χ0) is 12.0. The van der Waals surface area contributed by atoms with Gasteiger partial charge in [-0.3, -0.25) is 0 Å². The van der Waals surface area contributed by atoms with Crippen LogP contribution in [0, 0.1) is 0 Å². The molecule has 0 amide bonds. The molecule has 0 spiro atoms. The van der Waals surface area contributed by atoms with Crippen molar-refractivity contribution >= 4 is 16.5 Å². The summed E-state index contributed by atoms with van der Waals surface area (Å²) in [5.74, 6) is 0. The molecular formula is C11H21N3OS. The number of rotatable bonds is 7. The molecule has 0 aromatic carbocycles. The van der Waals surface area contributed by atoms with E-state index in [1.54, 1.807) is 18.4 Å². The number of thiazole rings is 1. The minimum absolute atomic E-state index is 0.364. The molecule has 1 N–H and O–H groups in total. The third kappa shape index (κ3) is 3.43. The van der Waals surface area contributed by atoms with Crippen molar-refractivity contribution < 1.29 is 4.74 Å². The summed E-state index contributed by atoms with van der Waals surface area (Å²) in [6.45, 7) is 6.87. The van der Waals surface area contributed by atoms with Crippen LogP contribution in [-0.4, -0.2) is 38.3 Å². The molecule has 0 bridgehead atoms. The fraction of sp³-hybridized carbons (Fsp3) is 0.727. The summed E-state index contributed by atoms with van der Waals surface area (Å²) in [7, 11) is 3.68. The van der Waals surface area contributed by atoms with E-state index in [9.17, 15) is 0 Å². The fourth-order valence-electron chi connectivity index (χ4n) is 1.65. The number of nitrogens with zero attached hydrogens (tertiary/aromatic N) is 2. The number of ether oxygens (including phenoxy) is 1. The Balaban J connectivity index is 2.70. The maximum atomic E-state index is 5.19. The Hall–Kier alpha value is -0.650. The molecule has 0 aliphatic rings. The summed E-state index contributed by atoms with van der Waals surface area (Å²) < 4.78 is 5.19. The van der Waals surface area contributed by atoms with Crippen LogP contribution < -0.4 is 10.2 Å². The second kappa shape index (κ2) is 6.83. The Morgan fingerprint density at radius 3 is 2.94 bits per heavy atom. The lowest BCUT2D eigenvalue weighted by atomic mass is 10.3. The van der Waals surface area contributed by atoms with Crippen LogP contribution in [0.5, 0.6) is 0 Å². The first-order chi connectivity index (χ1) is 7.72. The lowest BCUT2D eigenvalue weighted by Gasteiger charge is -2.26. The van der Waals surface area contributed by atoms with Crippen LogP contribution in [0.2, 0.25) is 0 Å². The summed E-state index contributed by atoms with van der Waals surface area (Å²) in [5, 5.41) is 4.22. The van der Waals surface area contributed by atoms with Crippen LogP contribution in [0.3, 0.4) is 0 Å². The standard InChI is InChI=1S/C11H21N3OS/c1-5-14(9(2)8-15-4)11-13-7-10(16-11)6-12-3/h7,9,12H,5-6,8H2,1-4H3. The first-order valence-corrected chi connectivity index (χ1v) is 6.39. The number of anilines is 1. The number of hydrogen-bond acceptors (Lipinski definition) is 5. The van der Waals surface area contributed by atoms with Gasteiger partial charge in [-0.2, -0.15) is 0 Å². The zero-order valence-electron chi connectivity index (χ0n) is 10.5. The van der Waals surface area contributed by atoms with Crippen molar-refractivity contribution in [3.63, 3.8) is 0 Å². The average Bonchev–Trinajstić information content (AvgIpc) is 2.68. The Labute approximate surface area is 102 Å². The van der Waals surface area contributed by atoms with E-state index < -0.39 is 0 Å². The van der Waals surface area contributed by atoms with Crippen LogP contribution in [0.15, 0.2) is 6.20 Å². The Bertz CT molecular complexity index is 303. The van der Waals surface area contributed by atoms with Gasteiger partial charge in [-0.25, -0.2) is 4.98 Å². The van der Waals surface area contributed by atoms with E-state index in [0.29, 0.717) is 6.04 Å². The van der Waals surface area contributed by atoms with Crippen LogP contribution in [0.1, 0.15) is 18.7 Å². The molecule has 1 aromatic heterocycles. The quantitative estimate of drug-likeness (QED) is 0.791. The van der Waals surface area contributed by atoms with Gasteiger partial charge in [-0.15, -0.1) is 11.3 Å². The second-order valence-corrected chi connectivity index (χ2v) is 4.82. The Kier molecular flexibility index (Phi) is 5.73. The monoisotopic (exact) mass is 243 g/mol. The van der Waals surface area contributed by atoms with Crippen LogP contribution in [0.4, 0.5) is 5.13 Å². The van der Waals surface area contributed by atoms with Crippen molar-refractivity contribution in [2.24, 2.45) is 0 Å². The normalized spacial score (nSPS) is 12.8. The van der Waals surface area contributed by atoms with E-state index in [1.807, 2.05) is 13.2 Å². The summed E-state index contributed by atoms with van der Waals surface area (Å²) in [6.07, 6.45) is 1.94. The number of likely N-dealkylation sites (N-methyl/N-ethyl adjacent to an activating group) is 1. The van der Waals surface area contributed by atoms with Gasteiger partial charge in [0.1, 0.15) is 0 Å². The fourth-order valence-corrected chi connectivity index (χ4v) is 2.74. The molecule has 0 fully saturated rings. The predicted molar refractivity (Wildman–Crippen MR) is 69.2 cm³/mol. The number of methoxy groups -OCH3 is 1. The van der Waals surface area contributed by atoms with Gasteiger partial charge < -0.3 is 15.0 Å². The van der Waals surface area contributed by atoms with Crippen molar-refractivity contribution in [2.45, 2.75) is 26.4 Å². The van der Waals surface area contributed by atoms with Crippen molar-refractivity contribution in [1.29, 1.82) is 0 Å². The molecule has 16 heavy (non-hydrogen) atoms. The second-order valence-electron chi connectivity index (χ2n) is 3.73. The molecule has 92 valence electrons. The highest BCUT2D eigenvalue weighted by Crippen LogP contribution is 2.24. The highest BCUT2D eigenvalue weighted by atomic mass is 32.1.